The van der Waals surface area contributed by atoms with E-state index in [2.05, 4.69) is 14.7 Å². The van der Waals surface area contributed by atoms with E-state index in [0.29, 0.717) is 0 Å². The number of aromatic nitrogens is 2. The number of alkyl halides is 3. The summed E-state index contributed by atoms with van der Waals surface area (Å²) in [5.74, 6) is -0.874. The minimum absolute atomic E-state index is 0.0230. The molecule has 1 aromatic rings. The number of nitrogens with zero attached hydrogens (tertiary/aromatic N) is 2. The molecule has 4 nitrogen and oxygen atoms in total. The monoisotopic (exact) mass is 247 g/mol. The summed E-state index contributed by atoms with van der Waals surface area (Å²) in [4.78, 5) is 3.45. The lowest BCUT2D eigenvalue weighted by Gasteiger charge is -2.25. The zero-order valence-corrected chi connectivity index (χ0v) is 9.00. The smallest absolute Gasteiger partial charge is 0.329 e. The van der Waals surface area contributed by atoms with Crippen molar-refractivity contribution in [2.45, 2.75) is 37.4 Å². The number of rotatable bonds is 3. The average molecular weight is 247 g/mol. The summed E-state index contributed by atoms with van der Waals surface area (Å²) in [6, 6.07) is 0. The van der Waals surface area contributed by atoms with E-state index in [4.69, 9.17) is 5.73 Å². The van der Waals surface area contributed by atoms with E-state index in [-0.39, 0.29) is 17.7 Å². The predicted molar refractivity (Wildman–Crippen MR) is 50.6 cm³/mol. The van der Waals surface area contributed by atoms with Crippen LogP contribution in [0, 0.1) is 11.8 Å². The highest BCUT2D eigenvalue weighted by molar-refractivity contribution is 5.17. The van der Waals surface area contributed by atoms with Crippen LogP contribution >= 0.6 is 0 Å². The number of hydrogen-bond donors (Lipinski definition) is 1. The molecule has 2 fully saturated rings. The molecule has 7 heteroatoms. The minimum Gasteiger partial charge on any atom is -0.329 e. The van der Waals surface area contributed by atoms with Crippen molar-refractivity contribution < 1.29 is 17.7 Å². The molecule has 0 spiro atoms. The lowest BCUT2D eigenvalue weighted by Crippen LogP contribution is -2.42. The van der Waals surface area contributed by atoms with Gasteiger partial charge in [0.1, 0.15) is 0 Å². The molecule has 17 heavy (non-hydrogen) atoms. The van der Waals surface area contributed by atoms with Gasteiger partial charge < -0.3 is 10.3 Å². The van der Waals surface area contributed by atoms with Crippen LogP contribution in [-0.4, -0.2) is 10.1 Å². The van der Waals surface area contributed by atoms with Crippen molar-refractivity contribution >= 4 is 0 Å². The Labute approximate surface area is 95.4 Å². The SMILES string of the molecule is NC(c1noc(C(F)(F)F)n1)(C1CC1)C1CC1. The predicted octanol–water partition coefficient (Wildman–Crippen LogP) is 2.06. The molecule has 1 aromatic heterocycles. The number of nitrogens with two attached hydrogens (primary N) is 1. The third-order valence-electron chi connectivity index (χ3n) is 3.56. The van der Waals surface area contributed by atoms with E-state index in [9.17, 15) is 13.2 Å². The number of hydrogen-bond acceptors (Lipinski definition) is 4. The van der Waals surface area contributed by atoms with Crippen molar-refractivity contribution in [3.63, 3.8) is 0 Å². The van der Waals surface area contributed by atoms with Crippen LogP contribution in [0.5, 0.6) is 0 Å². The standard InChI is InChI=1S/C10H12F3N3O/c11-10(12,13)8-15-7(16-17-8)9(14,5-1-2-5)6-3-4-6/h5-6H,1-4,14H2. The summed E-state index contributed by atoms with van der Waals surface area (Å²) >= 11 is 0. The molecule has 0 atom stereocenters. The van der Waals surface area contributed by atoms with Gasteiger partial charge in [-0.2, -0.15) is 18.2 Å². The largest absolute Gasteiger partial charge is 0.471 e. The van der Waals surface area contributed by atoms with Crippen molar-refractivity contribution in [1.82, 2.24) is 10.1 Å². The topological polar surface area (TPSA) is 64.9 Å². The van der Waals surface area contributed by atoms with Crippen molar-refractivity contribution in [3.05, 3.63) is 11.7 Å². The van der Waals surface area contributed by atoms with Gasteiger partial charge in [0, 0.05) is 0 Å². The second kappa shape index (κ2) is 3.22. The van der Waals surface area contributed by atoms with Crippen molar-refractivity contribution in [2.24, 2.45) is 17.6 Å². The quantitative estimate of drug-likeness (QED) is 0.887. The molecule has 0 radical (unpaired) electrons. The van der Waals surface area contributed by atoms with Gasteiger partial charge in [0.05, 0.1) is 5.54 Å². The summed E-state index contributed by atoms with van der Waals surface area (Å²) < 4.78 is 41.4. The summed E-state index contributed by atoms with van der Waals surface area (Å²) in [6.45, 7) is 0. The normalized spacial score (nSPS) is 21.9. The Hall–Kier alpha value is -1.11. The molecule has 0 aromatic carbocycles. The van der Waals surface area contributed by atoms with Gasteiger partial charge >= 0.3 is 12.1 Å². The number of halogens is 3. The van der Waals surface area contributed by atoms with E-state index in [1.807, 2.05) is 0 Å². The molecule has 2 aliphatic carbocycles. The third-order valence-corrected chi connectivity index (χ3v) is 3.56. The molecule has 1 heterocycles. The Morgan fingerprint density at radius 3 is 2.00 bits per heavy atom. The first kappa shape index (κ1) is 11.0. The van der Waals surface area contributed by atoms with Crippen molar-refractivity contribution in [1.29, 1.82) is 0 Å². The maximum Gasteiger partial charge on any atom is 0.471 e. The van der Waals surface area contributed by atoms with Crippen molar-refractivity contribution in [2.75, 3.05) is 0 Å². The van der Waals surface area contributed by atoms with Gasteiger partial charge in [-0.15, -0.1) is 0 Å². The Kier molecular flexibility index (Phi) is 2.08. The molecule has 2 saturated carbocycles. The van der Waals surface area contributed by atoms with E-state index in [1.165, 1.54) is 0 Å². The lowest BCUT2D eigenvalue weighted by atomic mass is 9.88. The van der Waals surface area contributed by atoms with E-state index < -0.39 is 17.6 Å². The molecule has 0 aliphatic heterocycles. The third kappa shape index (κ3) is 1.72. The van der Waals surface area contributed by atoms with Crippen LogP contribution < -0.4 is 5.73 Å². The van der Waals surface area contributed by atoms with E-state index in [0.717, 1.165) is 25.7 Å². The maximum atomic E-state index is 12.4. The van der Waals surface area contributed by atoms with Gasteiger partial charge in [-0.1, -0.05) is 5.16 Å². The molecule has 3 rings (SSSR count). The molecule has 0 saturated heterocycles. The first-order valence-corrected chi connectivity index (χ1v) is 5.62. The molecule has 94 valence electrons. The molecule has 2 aliphatic rings. The summed E-state index contributed by atoms with van der Waals surface area (Å²) in [6.07, 6.45) is -0.864. The first-order chi connectivity index (χ1) is 7.92. The first-order valence-electron chi connectivity index (χ1n) is 5.62. The lowest BCUT2D eigenvalue weighted by molar-refractivity contribution is -0.159. The second-order valence-corrected chi connectivity index (χ2v) is 4.90. The molecular weight excluding hydrogens is 235 g/mol. The minimum atomic E-state index is -4.60. The maximum absolute atomic E-state index is 12.4. The zero-order chi connectivity index (χ0) is 12.3. The molecule has 0 unspecified atom stereocenters. The van der Waals surface area contributed by atoms with Gasteiger partial charge in [-0.3, -0.25) is 0 Å². The Bertz CT molecular complexity index is 422. The summed E-state index contributed by atoms with van der Waals surface area (Å²) in [5, 5.41) is 3.45. The van der Waals surface area contributed by atoms with Gasteiger partial charge in [0.25, 0.3) is 0 Å². The average Bonchev–Trinajstić information content (AvgIpc) is 3.11. The van der Waals surface area contributed by atoms with Crippen LogP contribution in [0.2, 0.25) is 0 Å². The Morgan fingerprint density at radius 2 is 1.65 bits per heavy atom. The fourth-order valence-corrected chi connectivity index (χ4v) is 2.33. The molecule has 0 amide bonds. The van der Waals surface area contributed by atoms with Gasteiger partial charge in [0.2, 0.25) is 0 Å². The van der Waals surface area contributed by atoms with Crippen LogP contribution in [0.25, 0.3) is 0 Å². The van der Waals surface area contributed by atoms with Gasteiger partial charge in [-0.05, 0) is 37.5 Å². The second-order valence-electron chi connectivity index (χ2n) is 4.90. The van der Waals surface area contributed by atoms with Crippen LogP contribution in [0.4, 0.5) is 13.2 Å². The Morgan fingerprint density at radius 1 is 1.12 bits per heavy atom. The summed E-state index contributed by atoms with van der Waals surface area (Å²) in [7, 11) is 0. The Balaban J connectivity index is 1.94. The molecule has 2 N–H and O–H groups in total. The molecular formula is C10H12F3N3O. The summed E-state index contributed by atoms with van der Waals surface area (Å²) in [5.41, 5.74) is 5.42. The van der Waals surface area contributed by atoms with Crippen LogP contribution in [0.1, 0.15) is 37.4 Å². The van der Waals surface area contributed by atoms with Crippen LogP contribution in [-0.2, 0) is 11.7 Å². The van der Waals surface area contributed by atoms with Crippen molar-refractivity contribution in [3.8, 4) is 0 Å². The van der Waals surface area contributed by atoms with Crippen LogP contribution in [0.3, 0.4) is 0 Å². The van der Waals surface area contributed by atoms with E-state index in [1.54, 1.807) is 0 Å². The highest BCUT2D eigenvalue weighted by atomic mass is 19.4. The zero-order valence-electron chi connectivity index (χ0n) is 9.00. The van der Waals surface area contributed by atoms with Gasteiger partial charge in [0.15, 0.2) is 5.82 Å². The highest BCUT2D eigenvalue weighted by Gasteiger charge is 2.56. The van der Waals surface area contributed by atoms with Gasteiger partial charge in [-0.25, -0.2) is 0 Å². The van der Waals surface area contributed by atoms with Crippen LogP contribution in [0.15, 0.2) is 4.52 Å². The fourth-order valence-electron chi connectivity index (χ4n) is 2.33. The highest BCUT2D eigenvalue weighted by Crippen LogP contribution is 2.55. The van der Waals surface area contributed by atoms with E-state index >= 15 is 0 Å². The molecule has 0 bridgehead atoms. The fraction of sp³-hybridized carbons (Fsp3) is 0.800.